The molecule has 1 heterocycles. The summed E-state index contributed by atoms with van der Waals surface area (Å²) in [6.07, 6.45) is -0.746. The quantitative estimate of drug-likeness (QED) is 0.882. The van der Waals surface area contributed by atoms with Gasteiger partial charge >= 0.3 is 6.18 Å². The molecule has 1 aromatic heterocycles. The van der Waals surface area contributed by atoms with Crippen LogP contribution < -0.4 is 5.73 Å². The van der Waals surface area contributed by atoms with Crippen LogP contribution in [0, 0.1) is 12.3 Å². The number of nitrogens with one attached hydrogen (secondary N) is 1. The molecule has 0 bridgehead atoms. The number of hydrogen-bond donors (Lipinski definition) is 2. The van der Waals surface area contributed by atoms with Crippen molar-refractivity contribution in [2.45, 2.75) is 58.2 Å². The molecule has 0 atom stereocenters. The van der Waals surface area contributed by atoms with E-state index in [4.69, 9.17) is 5.73 Å². The summed E-state index contributed by atoms with van der Waals surface area (Å²) in [5.74, 6) is 0.741. The number of aryl methyl sites for hydroxylation is 2. The fourth-order valence-corrected chi connectivity index (χ4v) is 4.14. The van der Waals surface area contributed by atoms with Crippen LogP contribution in [0.1, 0.15) is 50.1 Å². The average molecular weight is 325 g/mol. The molecule has 1 fully saturated rings. The topological polar surface area (TPSA) is 54.7 Å². The summed E-state index contributed by atoms with van der Waals surface area (Å²) < 4.78 is 38.9. The molecule has 23 heavy (non-hydrogen) atoms. The molecule has 1 aromatic carbocycles. The van der Waals surface area contributed by atoms with Crippen LogP contribution >= 0.6 is 0 Å². The summed E-state index contributed by atoms with van der Waals surface area (Å²) in [6.45, 7) is 5.73. The third-order valence-corrected chi connectivity index (χ3v) is 4.81. The number of rotatable bonds is 3. The second-order valence-corrected chi connectivity index (χ2v) is 7.68. The molecular weight excluding hydrogens is 303 g/mol. The Labute approximate surface area is 133 Å². The van der Waals surface area contributed by atoms with Crippen molar-refractivity contribution in [3.8, 4) is 0 Å². The Morgan fingerprint density at radius 3 is 2.48 bits per heavy atom. The highest BCUT2D eigenvalue weighted by atomic mass is 19.4. The Balaban J connectivity index is 1.78. The molecule has 0 saturated heterocycles. The third-order valence-electron chi connectivity index (χ3n) is 4.81. The number of benzene rings is 1. The van der Waals surface area contributed by atoms with Crippen molar-refractivity contribution in [2.75, 3.05) is 0 Å². The molecule has 3 N–H and O–H groups in total. The van der Waals surface area contributed by atoms with Crippen LogP contribution in [0.25, 0.3) is 11.0 Å². The monoisotopic (exact) mass is 325 g/mol. The summed E-state index contributed by atoms with van der Waals surface area (Å²) in [7, 11) is 0. The summed E-state index contributed by atoms with van der Waals surface area (Å²) >= 11 is 0. The van der Waals surface area contributed by atoms with Gasteiger partial charge in [-0.1, -0.05) is 6.92 Å². The molecule has 1 aliphatic rings. The maximum atomic E-state index is 13.0. The van der Waals surface area contributed by atoms with Gasteiger partial charge in [0, 0.05) is 12.0 Å². The molecule has 3 nitrogen and oxygen atoms in total. The highest BCUT2D eigenvalue weighted by molar-refractivity contribution is 5.77. The number of fused-ring (bicyclic) bond motifs is 1. The Kier molecular flexibility index (Phi) is 3.52. The number of nitrogens with zero attached hydrogens (tertiary/aromatic N) is 1. The van der Waals surface area contributed by atoms with Crippen LogP contribution in [0.5, 0.6) is 0 Å². The van der Waals surface area contributed by atoms with E-state index in [2.05, 4.69) is 23.8 Å². The first-order chi connectivity index (χ1) is 10.5. The van der Waals surface area contributed by atoms with Crippen molar-refractivity contribution in [3.63, 3.8) is 0 Å². The lowest BCUT2D eigenvalue weighted by atomic mass is 9.58. The molecule has 1 saturated carbocycles. The summed E-state index contributed by atoms with van der Waals surface area (Å²) in [5.41, 5.74) is 6.82. The molecule has 126 valence electrons. The van der Waals surface area contributed by atoms with E-state index < -0.39 is 11.7 Å². The number of H-pyrrole nitrogens is 1. The van der Waals surface area contributed by atoms with Crippen molar-refractivity contribution in [3.05, 3.63) is 29.1 Å². The summed E-state index contributed by atoms with van der Waals surface area (Å²) in [5, 5.41) is 0. The largest absolute Gasteiger partial charge is 0.416 e. The van der Waals surface area contributed by atoms with Crippen LogP contribution in [0.15, 0.2) is 12.1 Å². The molecule has 0 spiro atoms. The minimum Gasteiger partial charge on any atom is -0.342 e. The van der Waals surface area contributed by atoms with E-state index in [0.717, 1.165) is 37.6 Å². The molecule has 2 aromatic rings. The number of nitrogens with two attached hydrogens (primary N) is 1. The molecular formula is C17H22F3N3. The summed E-state index contributed by atoms with van der Waals surface area (Å²) in [6, 6.07) is 2.66. The highest BCUT2D eigenvalue weighted by Crippen LogP contribution is 2.49. The van der Waals surface area contributed by atoms with Gasteiger partial charge < -0.3 is 10.7 Å². The number of aromatic nitrogens is 2. The Bertz CT molecular complexity index is 735. The lowest BCUT2D eigenvalue weighted by Gasteiger charge is -2.51. The van der Waals surface area contributed by atoms with E-state index in [-0.39, 0.29) is 16.5 Å². The van der Waals surface area contributed by atoms with Crippen molar-refractivity contribution in [1.82, 2.24) is 9.97 Å². The van der Waals surface area contributed by atoms with Crippen LogP contribution in [-0.4, -0.2) is 15.5 Å². The lowest BCUT2D eigenvalue weighted by molar-refractivity contribution is -0.137. The van der Waals surface area contributed by atoms with Crippen molar-refractivity contribution < 1.29 is 13.2 Å². The molecule has 1 aliphatic carbocycles. The predicted octanol–water partition coefficient (Wildman–Crippen LogP) is 4.34. The van der Waals surface area contributed by atoms with Crippen LogP contribution in [0.4, 0.5) is 13.2 Å². The van der Waals surface area contributed by atoms with Gasteiger partial charge in [-0.25, -0.2) is 4.98 Å². The number of aromatic amines is 1. The van der Waals surface area contributed by atoms with Gasteiger partial charge in [0.2, 0.25) is 0 Å². The molecule has 0 unspecified atom stereocenters. The van der Waals surface area contributed by atoms with Crippen molar-refractivity contribution >= 4 is 11.0 Å². The first-order valence-electron chi connectivity index (χ1n) is 7.83. The van der Waals surface area contributed by atoms with Crippen molar-refractivity contribution in [2.24, 2.45) is 11.1 Å². The van der Waals surface area contributed by atoms with Gasteiger partial charge in [0.25, 0.3) is 0 Å². The Morgan fingerprint density at radius 2 is 1.91 bits per heavy atom. The standard InChI is InChI=1S/C17H22F3N3/c1-10-6-12-13(7-11(10)17(18,19)20)23-14(22-12)4-5-15(2)8-16(3,21)9-15/h6-7H,4-5,8-9,21H2,1-3H3,(H,22,23). The van der Waals surface area contributed by atoms with Gasteiger partial charge in [-0.2, -0.15) is 13.2 Å². The van der Waals surface area contributed by atoms with Crippen LogP contribution in [-0.2, 0) is 12.6 Å². The van der Waals surface area contributed by atoms with Gasteiger partial charge in [-0.05, 0) is 56.2 Å². The molecule has 0 radical (unpaired) electrons. The van der Waals surface area contributed by atoms with Crippen LogP contribution in [0.3, 0.4) is 0 Å². The van der Waals surface area contributed by atoms with E-state index in [1.165, 1.54) is 13.0 Å². The SMILES string of the molecule is Cc1cc2[nH]c(CCC3(C)CC(C)(N)C3)nc2cc1C(F)(F)F. The number of imidazole rings is 1. The predicted molar refractivity (Wildman–Crippen MR) is 84.1 cm³/mol. The van der Waals surface area contributed by atoms with Crippen LogP contribution in [0.2, 0.25) is 0 Å². The zero-order valence-electron chi connectivity index (χ0n) is 13.6. The Hall–Kier alpha value is -1.56. The number of alkyl halides is 3. The first kappa shape index (κ1) is 16.3. The minimum absolute atomic E-state index is 0.0820. The fraction of sp³-hybridized carbons (Fsp3) is 0.588. The molecule has 0 amide bonds. The molecule has 3 rings (SSSR count). The van der Waals surface area contributed by atoms with Gasteiger partial charge in [-0.15, -0.1) is 0 Å². The molecule has 0 aliphatic heterocycles. The van der Waals surface area contributed by atoms with E-state index in [9.17, 15) is 13.2 Å². The average Bonchev–Trinajstić information content (AvgIpc) is 2.73. The van der Waals surface area contributed by atoms with E-state index in [1.807, 2.05) is 0 Å². The van der Waals surface area contributed by atoms with E-state index >= 15 is 0 Å². The molecule has 6 heteroatoms. The van der Waals surface area contributed by atoms with Gasteiger partial charge in [0.15, 0.2) is 0 Å². The highest BCUT2D eigenvalue weighted by Gasteiger charge is 2.45. The zero-order valence-corrected chi connectivity index (χ0v) is 13.6. The second-order valence-electron chi connectivity index (χ2n) is 7.68. The second kappa shape index (κ2) is 4.97. The van der Waals surface area contributed by atoms with Gasteiger partial charge in [0.1, 0.15) is 5.82 Å². The zero-order chi connectivity index (χ0) is 17.0. The first-order valence-corrected chi connectivity index (χ1v) is 7.83. The van der Waals surface area contributed by atoms with Gasteiger partial charge in [-0.3, -0.25) is 0 Å². The Morgan fingerprint density at radius 1 is 1.26 bits per heavy atom. The lowest BCUT2D eigenvalue weighted by Crippen LogP contribution is -2.54. The summed E-state index contributed by atoms with van der Waals surface area (Å²) in [4.78, 5) is 7.49. The van der Waals surface area contributed by atoms with Crippen molar-refractivity contribution in [1.29, 1.82) is 0 Å². The van der Waals surface area contributed by atoms with Gasteiger partial charge in [0.05, 0.1) is 16.6 Å². The third kappa shape index (κ3) is 3.22. The maximum absolute atomic E-state index is 13.0. The minimum atomic E-state index is -4.34. The van der Waals surface area contributed by atoms with E-state index in [0.29, 0.717) is 11.0 Å². The maximum Gasteiger partial charge on any atom is 0.416 e. The number of halogens is 3. The normalized spacial score (nSPS) is 28.1. The smallest absolute Gasteiger partial charge is 0.342 e. The number of hydrogen-bond acceptors (Lipinski definition) is 2. The fourth-order valence-electron chi connectivity index (χ4n) is 4.14. The van der Waals surface area contributed by atoms with E-state index in [1.54, 1.807) is 0 Å².